The number of aromatic nitrogens is 3. The lowest BCUT2D eigenvalue weighted by atomic mass is 10.3. The molecule has 0 saturated heterocycles. The Kier molecular flexibility index (Phi) is 4.22. The number of nitrogens with one attached hydrogen (secondary N) is 1. The second kappa shape index (κ2) is 6.72. The van der Waals surface area contributed by atoms with Gasteiger partial charge in [-0.25, -0.2) is 23.1 Å². The third kappa shape index (κ3) is 3.04. The Hall–Kier alpha value is -3.82. The third-order valence-corrected chi connectivity index (χ3v) is 4.19. The number of carbonyl (C=O) groups excluding carboxylic acids is 2. The number of nitrogens with zero attached hydrogens (tertiary/aromatic N) is 4. The van der Waals surface area contributed by atoms with Crippen molar-refractivity contribution in [3.63, 3.8) is 0 Å². The Bertz CT molecular complexity index is 1140. The number of anilines is 2. The van der Waals surface area contributed by atoms with Gasteiger partial charge in [-0.1, -0.05) is 18.2 Å². The van der Waals surface area contributed by atoms with Crippen LogP contribution in [0.1, 0.15) is 5.82 Å². The maximum absolute atomic E-state index is 13.6. The lowest BCUT2D eigenvalue weighted by Crippen LogP contribution is -2.36. The maximum Gasteiger partial charge on any atom is 0.354 e. The summed E-state index contributed by atoms with van der Waals surface area (Å²) in [7, 11) is 0. The highest BCUT2D eigenvalue weighted by Gasteiger charge is 2.33. The van der Waals surface area contributed by atoms with Gasteiger partial charge in [-0.15, -0.1) is 0 Å². The highest BCUT2D eigenvalue weighted by atomic mass is 19.1. The zero-order valence-electron chi connectivity index (χ0n) is 14.3. The van der Waals surface area contributed by atoms with E-state index < -0.39 is 35.8 Å². The summed E-state index contributed by atoms with van der Waals surface area (Å²) < 4.78 is 28.3. The predicted octanol–water partition coefficient (Wildman–Crippen LogP) is 1.95. The highest BCUT2D eigenvalue weighted by molar-refractivity contribution is 5.96. The molecule has 2 heterocycles. The molecule has 0 spiro atoms. The zero-order chi connectivity index (χ0) is 19.8. The predicted molar refractivity (Wildman–Crippen MR) is 94.9 cm³/mol. The van der Waals surface area contributed by atoms with E-state index in [1.54, 1.807) is 30.3 Å². The van der Waals surface area contributed by atoms with E-state index in [2.05, 4.69) is 10.4 Å². The van der Waals surface area contributed by atoms with Gasteiger partial charge in [0.15, 0.2) is 5.82 Å². The van der Waals surface area contributed by atoms with E-state index in [4.69, 9.17) is 0 Å². The number of carbonyl (C=O) groups is 2. The van der Waals surface area contributed by atoms with Crippen LogP contribution in [0, 0.1) is 11.6 Å². The second-order valence-corrected chi connectivity index (χ2v) is 6.07. The first-order valence-corrected chi connectivity index (χ1v) is 8.24. The molecule has 1 aliphatic heterocycles. The fraction of sp³-hybridized carbons (Fsp3) is 0.111. The van der Waals surface area contributed by atoms with E-state index in [0.717, 1.165) is 21.4 Å². The monoisotopic (exact) mass is 385 g/mol. The number of hydrogen-bond acceptors (Lipinski definition) is 4. The molecular weight excluding hydrogens is 372 g/mol. The van der Waals surface area contributed by atoms with Crippen molar-refractivity contribution in [3.05, 3.63) is 76.5 Å². The summed E-state index contributed by atoms with van der Waals surface area (Å²) in [5.74, 6) is -2.27. The van der Waals surface area contributed by atoms with Crippen LogP contribution < -0.4 is 15.9 Å². The number of para-hydroxylation sites is 1. The summed E-state index contributed by atoms with van der Waals surface area (Å²) in [6.45, 7) is -0.437. The van der Waals surface area contributed by atoms with E-state index in [1.165, 1.54) is 4.90 Å². The summed E-state index contributed by atoms with van der Waals surface area (Å²) in [6, 6.07) is 10.9. The van der Waals surface area contributed by atoms with Crippen molar-refractivity contribution in [2.75, 3.05) is 10.2 Å². The number of amides is 2. The molecule has 0 saturated carbocycles. The van der Waals surface area contributed by atoms with E-state index in [-0.39, 0.29) is 18.1 Å². The van der Waals surface area contributed by atoms with Crippen LogP contribution >= 0.6 is 0 Å². The number of rotatable bonds is 4. The Labute approximate surface area is 156 Å². The van der Waals surface area contributed by atoms with E-state index in [1.807, 2.05) is 0 Å². The normalized spacial score (nSPS) is 12.9. The van der Waals surface area contributed by atoms with Crippen molar-refractivity contribution in [2.24, 2.45) is 0 Å². The van der Waals surface area contributed by atoms with Gasteiger partial charge in [0, 0.05) is 11.8 Å². The SMILES string of the molecule is O=C(Cn1nc2n(c1=O)C(=O)N(c1ccccc1)C2)Nc1ccc(F)cc1F. The van der Waals surface area contributed by atoms with Gasteiger partial charge in [0.25, 0.3) is 0 Å². The molecule has 142 valence electrons. The average molecular weight is 385 g/mol. The fourth-order valence-corrected chi connectivity index (χ4v) is 2.91. The van der Waals surface area contributed by atoms with Crippen LogP contribution in [-0.4, -0.2) is 26.3 Å². The summed E-state index contributed by atoms with van der Waals surface area (Å²) in [6.07, 6.45) is 0. The molecule has 2 aromatic carbocycles. The highest BCUT2D eigenvalue weighted by Crippen LogP contribution is 2.21. The first kappa shape index (κ1) is 17.6. The van der Waals surface area contributed by atoms with Gasteiger partial charge in [-0.3, -0.25) is 9.69 Å². The molecule has 0 aliphatic carbocycles. The van der Waals surface area contributed by atoms with Gasteiger partial charge in [0.2, 0.25) is 5.91 Å². The fourth-order valence-electron chi connectivity index (χ4n) is 2.91. The number of hydrogen-bond donors (Lipinski definition) is 1. The Morgan fingerprint density at radius 1 is 1.11 bits per heavy atom. The number of fused-ring (bicyclic) bond motifs is 1. The van der Waals surface area contributed by atoms with Crippen LogP contribution in [0.3, 0.4) is 0 Å². The largest absolute Gasteiger partial charge is 0.354 e. The third-order valence-electron chi connectivity index (χ3n) is 4.19. The van der Waals surface area contributed by atoms with Crippen molar-refractivity contribution >= 4 is 23.3 Å². The molecule has 1 aromatic heterocycles. The van der Waals surface area contributed by atoms with E-state index in [0.29, 0.717) is 11.8 Å². The minimum atomic E-state index is -0.943. The summed E-state index contributed by atoms with van der Waals surface area (Å²) in [5, 5.41) is 6.26. The van der Waals surface area contributed by atoms with Crippen molar-refractivity contribution < 1.29 is 18.4 Å². The quantitative estimate of drug-likeness (QED) is 0.744. The van der Waals surface area contributed by atoms with Crippen LogP contribution in [0.5, 0.6) is 0 Å². The molecule has 28 heavy (non-hydrogen) atoms. The standard InChI is InChI=1S/C18H13F2N5O3/c19-11-6-7-14(13(20)8-11)21-16(26)10-24-18(28)25-15(22-24)9-23(17(25)27)12-4-2-1-3-5-12/h1-8H,9-10H2,(H,21,26). The molecule has 0 unspecified atom stereocenters. The van der Waals surface area contributed by atoms with E-state index >= 15 is 0 Å². The molecule has 4 rings (SSSR count). The van der Waals surface area contributed by atoms with Crippen LogP contribution in [-0.2, 0) is 17.9 Å². The summed E-state index contributed by atoms with van der Waals surface area (Å²) in [5.41, 5.74) is -0.376. The zero-order valence-corrected chi connectivity index (χ0v) is 14.3. The van der Waals surface area contributed by atoms with Crippen molar-refractivity contribution in [2.45, 2.75) is 13.1 Å². The van der Waals surface area contributed by atoms with Crippen molar-refractivity contribution in [1.82, 2.24) is 14.3 Å². The molecule has 0 bridgehead atoms. The average Bonchev–Trinajstić information content (AvgIpc) is 3.15. The Morgan fingerprint density at radius 2 is 1.86 bits per heavy atom. The second-order valence-electron chi connectivity index (χ2n) is 6.07. The summed E-state index contributed by atoms with van der Waals surface area (Å²) >= 11 is 0. The molecular formula is C18H13F2N5O3. The van der Waals surface area contributed by atoms with Crippen molar-refractivity contribution in [1.29, 1.82) is 0 Å². The van der Waals surface area contributed by atoms with Crippen LogP contribution in [0.2, 0.25) is 0 Å². The van der Waals surface area contributed by atoms with Gasteiger partial charge in [0.1, 0.15) is 18.2 Å². The van der Waals surface area contributed by atoms with Crippen molar-refractivity contribution in [3.8, 4) is 0 Å². The molecule has 8 nitrogen and oxygen atoms in total. The minimum absolute atomic E-state index is 0.0826. The molecule has 1 aliphatic rings. The first-order chi connectivity index (χ1) is 13.4. The number of benzene rings is 2. The van der Waals surface area contributed by atoms with Crippen LogP contribution in [0.15, 0.2) is 53.3 Å². The molecule has 1 N–H and O–H groups in total. The molecule has 0 fully saturated rings. The molecule has 10 heteroatoms. The van der Waals surface area contributed by atoms with Crippen LogP contribution in [0.25, 0.3) is 0 Å². The van der Waals surface area contributed by atoms with Gasteiger partial charge < -0.3 is 5.32 Å². The lowest BCUT2D eigenvalue weighted by Gasteiger charge is -2.14. The summed E-state index contributed by atoms with van der Waals surface area (Å²) in [4.78, 5) is 38.5. The Balaban J connectivity index is 1.52. The van der Waals surface area contributed by atoms with Gasteiger partial charge in [-0.05, 0) is 24.3 Å². The molecule has 2 amide bonds. The lowest BCUT2D eigenvalue weighted by molar-refractivity contribution is -0.117. The molecule has 0 atom stereocenters. The van der Waals surface area contributed by atoms with E-state index in [9.17, 15) is 23.2 Å². The van der Waals surface area contributed by atoms with Gasteiger partial charge in [-0.2, -0.15) is 9.67 Å². The maximum atomic E-state index is 13.6. The number of halogens is 2. The first-order valence-electron chi connectivity index (χ1n) is 8.24. The molecule has 0 radical (unpaired) electrons. The van der Waals surface area contributed by atoms with Gasteiger partial charge >= 0.3 is 11.7 Å². The topological polar surface area (TPSA) is 89.2 Å². The minimum Gasteiger partial charge on any atom is -0.322 e. The molecule has 3 aromatic rings. The Morgan fingerprint density at radius 3 is 2.54 bits per heavy atom. The smallest absolute Gasteiger partial charge is 0.322 e. The van der Waals surface area contributed by atoms with Gasteiger partial charge in [0.05, 0.1) is 12.2 Å². The van der Waals surface area contributed by atoms with Crippen LogP contribution in [0.4, 0.5) is 25.0 Å².